The average molecular weight is 291 g/mol. The summed E-state index contributed by atoms with van der Waals surface area (Å²) in [4.78, 5) is 35.2. The van der Waals surface area contributed by atoms with Gasteiger partial charge in [-0.1, -0.05) is 18.6 Å². The Morgan fingerprint density at radius 1 is 1.43 bits per heavy atom. The normalized spacial score (nSPS) is 19.0. The van der Waals surface area contributed by atoms with Crippen LogP contribution in [0.3, 0.4) is 0 Å². The number of hydrogen-bond donors (Lipinski definition) is 1. The van der Waals surface area contributed by atoms with Gasteiger partial charge < -0.3 is 10.1 Å². The van der Waals surface area contributed by atoms with Crippen molar-refractivity contribution < 1.29 is 14.5 Å². The van der Waals surface area contributed by atoms with E-state index in [4.69, 9.17) is 0 Å². The number of aldehydes is 1. The van der Waals surface area contributed by atoms with Gasteiger partial charge in [0.2, 0.25) is 5.91 Å². The van der Waals surface area contributed by atoms with Gasteiger partial charge in [-0.25, -0.2) is 0 Å². The molecular weight excluding hydrogens is 274 g/mol. The summed E-state index contributed by atoms with van der Waals surface area (Å²) in [7, 11) is 0. The summed E-state index contributed by atoms with van der Waals surface area (Å²) in [5.41, 5.74) is 0.0311. The lowest BCUT2D eigenvalue weighted by molar-refractivity contribution is -0.383. The van der Waals surface area contributed by atoms with E-state index in [1.807, 2.05) is 0 Å². The molecule has 1 aliphatic heterocycles. The first-order valence-corrected chi connectivity index (χ1v) is 6.84. The summed E-state index contributed by atoms with van der Waals surface area (Å²) in [5, 5.41) is 13.4. The van der Waals surface area contributed by atoms with Gasteiger partial charge in [0.05, 0.1) is 17.5 Å². The Balaban J connectivity index is 2.01. The van der Waals surface area contributed by atoms with Crippen LogP contribution in [0.2, 0.25) is 0 Å². The molecular formula is C14H17N3O4. The molecule has 1 N–H and O–H groups in total. The number of benzene rings is 1. The third kappa shape index (κ3) is 3.85. The second-order valence-corrected chi connectivity index (χ2v) is 4.99. The lowest BCUT2D eigenvalue weighted by Crippen LogP contribution is -2.44. The molecule has 21 heavy (non-hydrogen) atoms. The number of amides is 1. The summed E-state index contributed by atoms with van der Waals surface area (Å²) in [6.45, 7) is 0.753. The van der Waals surface area contributed by atoms with Gasteiger partial charge in [0, 0.05) is 6.07 Å². The number of carbonyl (C=O) groups is 2. The fourth-order valence-electron chi connectivity index (χ4n) is 2.48. The zero-order valence-electron chi connectivity index (χ0n) is 11.5. The number of hydrogen-bond acceptors (Lipinski definition) is 5. The molecule has 0 radical (unpaired) electrons. The van der Waals surface area contributed by atoms with Crippen LogP contribution in [0.4, 0.5) is 11.4 Å². The molecule has 0 aliphatic carbocycles. The molecule has 1 saturated heterocycles. The highest BCUT2D eigenvalue weighted by atomic mass is 16.6. The van der Waals surface area contributed by atoms with E-state index in [0.717, 1.165) is 25.5 Å². The minimum absolute atomic E-state index is 0.0649. The van der Waals surface area contributed by atoms with E-state index in [1.165, 1.54) is 12.1 Å². The molecule has 0 aromatic heterocycles. The van der Waals surface area contributed by atoms with Crippen LogP contribution in [-0.2, 0) is 9.59 Å². The Labute approximate surface area is 122 Å². The van der Waals surface area contributed by atoms with Crippen molar-refractivity contribution in [1.82, 2.24) is 4.90 Å². The molecule has 2 rings (SSSR count). The zero-order chi connectivity index (χ0) is 15.2. The van der Waals surface area contributed by atoms with Crippen LogP contribution < -0.4 is 5.32 Å². The van der Waals surface area contributed by atoms with E-state index in [2.05, 4.69) is 5.32 Å². The van der Waals surface area contributed by atoms with E-state index in [1.54, 1.807) is 17.0 Å². The number of carbonyl (C=O) groups excluding carboxylic acids is 2. The van der Waals surface area contributed by atoms with Crippen molar-refractivity contribution in [3.05, 3.63) is 34.4 Å². The predicted octanol–water partition coefficient (Wildman–Crippen LogP) is 1.59. The first kappa shape index (κ1) is 15.1. The van der Waals surface area contributed by atoms with Crippen LogP contribution in [0.15, 0.2) is 24.3 Å². The van der Waals surface area contributed by atoms with Crippen molar-refractivity contribution in [2.75, 3.05) is 18.4 Å². The van der Waals surface area contributed by atoms with Gasteiger partial charge in [0.25, 0.3) is 5.69 Å². The highest BCUT2D eigenvalue weighted by Crippen LogP contribution is 2.23. The maximum absolute atomic E-state index is 12.0. The van der Waals surface area contributed by atoms with Crippen LogP contribution in [0, 0.1) is 10.1 Å². The van der Waals surface area contributed by atoms with Crippen LogP contribution in [0.1, 0.15) is 19.3 Å². The molecule has 1 amide bonds. The zero-order valence-corrected chi connectivity index (χ0v) is 11.5. The maximum atomic E-state index is 12.0. The third-order valence-corrected chi connectivity index (χ3v) is 3.54. The topological polar surface area (TPSA) is 92.6 Å². The Hall–Kier alpha value is -2.28. The Kier molecular flexibility index (Phi) is 4.99. The smallest absolute Gasteiger partial charge is 0.292 e. The Bertz CT molecular complexity index is 547. The van der Waals surface area contributed by atoms with Gasteiger partial charge in [-0.2, -0.15) is 0 Å². The van der Waals surface area contributed by atoms with Crippen molar-refractivity contribution in [3.8, 4) is 0 Å². The minimum Gasteiger partial charge on any atom is -0.319 e. The van der Waals surface area contributed by atoms with Gasteiger partial charge in [-0.15, -0.1) is 0 Å². The van der Waals surface area contributed by atoms with Gasteiger partial charge >= 0.3 is 0 Å². The Morgan fingerprint density at radius 3 is 2.90 bits per heavy atom. The summed E-state index contributed by atoms with van der Waals surface area (Å²) >= 11 is 0. The van der Waals surface area contributed by atoms with Gasteiger partial charge in [0.15, 0.2) is 0 Å². The quantitative estimate of drug-likeness (QED) is 0.505. The van der Waals surface area contributed by atoms with Crippen molar-refractivity contribution in [3.63, 3.8) is 0 Å². The van der Waals surface area contributed by atoms with E-state index in [0.29, 0.717) is 6.54 Å². The minimum atomic E-state index is -0.537. The summed E-state index contributed by atoms with van der Waals surface area (Å²) in [6, 6.07) is 5.75. The van der Waals surface area contributed by atoms with Crippen molar-refractivity contribution in [2.24, 2.45) is 0 Å². The second-order valence-electron chi connectivity index (χ2n) is 4.99. The molecule has 1 aromatic carbocycles. The van der Waals surface area contributed by atoms with Crippen LogP contribution in [0.5, 0.6) is 0 Å². The molecule has 7 heteroatoms. The molecule has 1 aliphatic rings. The highest BCUT2D eigenvalue weighted by Gasteiger charge is 2.24. The van der Waals surface area contributed by atoms with Crippen molar-refractivity contribution in [1.29, 1.82) is 0 Å². The predicted molar refractivity (Wildman–Crippen MR) is 77.0 cm³/mol. The molecule has 112 valence electrons. The van der Waals surface area contributed by atoms with Crippen molar-refractivity contribution >= 4 is 23.6 Å². The van der Waals surface area contributed by atoms with E-state index >= 15 is 0 Å². The number of nitrogens with one attached hydrogen (secondary N) is 1. The van der Waals surface area contributed by atoms with Crippen molar-refractivity contribution in [2.45, 2.75) is 25.3 Å². The first-order valence-electron chi connectivity index (χ1n) is 6.84. The number of likely N-dealkylation sites (tertiary alicyclic amines) is 1. The first-order chi connectivity index (χ1) is 10.1. The number of anilines is 1. The fourth-order valence-corrected chi connectivity index (χ4v) is 2.48. The number of nitro benzene ring substituents is 1. The number of nitrogens with zero attached hydrogens (tertiary/aromatic N) is 2. The largest absolute Gasteiger partial charge is 0.319 e. The van der Waals surface area contributed by atoms with Crippen LogP contribution in [0.25, 0.3) is 0 Å². The van der Waals surface area contributed by atoms with E-state index in [-0.39, 0.29) is 29.9 Å². The Morgan fingerprint density at radius 2 is 2.19 bits per heavy atom. The standard InChI is InChI=1S/C14H17N3O4/c18-10-11-5-3-4-8-16(11)9-14(19)15-12-6-1-2-7-13(12)17(20)21/h1-2,6-7,10-11H,3-5,8-9H2,(H,15,19). The SMILES string of the molecule is O=CC1CCCCN1CC(=O)Nc1ccccc1[N+](=O)[O-]. The summed E-state index contributed by atoms with van der Waals surface area (Å²) in [5.74, 6) is -0.349. The summed E-state index contributed by atoms with van der Waals surface area (Å²) in [6.07, 6.45) is 3.54. The molecule has 1 fully saturated rings. The van der Waals surface area contributed by atoms with E-state index in [9.17, 15) is 19.7 Å². The molecule has 0 spiro atoms. The molecule has 1 aromatic rings. The second kappa shape index (κ2) is 6.94. The van der Waals surface area contributed by atoms with Crippen LogP contribution >= 0.6 is 0 Å². The molecule has 1 atom stereocenters. The summed E-state index contributed by atoms with van der Waals surface area (Å²) < 4.78 is 0. The van der Waals surface area contributed by atoms with Gasteiger partial charge in [-0.3, -0.25) is 19.8 Å². The van der Waals surface area contributed by atoms with Crippen LogP contribution in [-0.4, -0.2) is 41.1 Å². The molecule has 1 heterocycles. The maximum Gasteiger partial charge on any atom is 0.292 e. The number of para-hydroxylation sites is 2. The fraction of sp³-hybridized carbons (Fsp3) is 0.429. The number of piperidine rings is 1. The third-order valence-electron chi connectivity index (χ3n) is 3.54. The van der Waals surface area contributed by atoms with Gasteiger partial charge in [-0.05, 0) is 25.5 Å². The number of rotatable bonds is 5. The monoisotopic (exact) mass is 291 g/mol. The lowest BCUT2D eigenvalue weighted by Gasteiger charge is -2.31. The number of nitro groups is 1. The molecule has 1 unspecified atom stereocenters. The lowest BCUT2D eigenvalue weighted by atomic mass is 10.0. The molecule has 0 saturated carbocycles. The molecule has 0 bridgehead atoms. The van der Waals surface area contributed by atoms with Gasteiger partial charge in [0.1, 0.15) is 12.0 Å². The molecule has 7 nitrogen and oxygen atoms in total. The van der Waals surface area contributed by atoms with E-state index < -0.39 is 4.92 Å². The highest BCUT2D eigenvalue weighted by molar-refractivity contribution is 5.94. The average Bonchev–Trinajstić information content (AvgIpc) is 2.48.